The first-order valence-electron chi connectivity index (χ1n) is 8.45. The molecule has 4 rings (SSSR count). The zero-order valence-corrected chi connectivity index (χ0v) is 14.0. The lowest BCUT2D eigenvalue weighted by Gasteiger charge is -2.32. The van der Waals surface area contributed by atoms with E-state index in [1.807, 2.05) is 12.1 Å². The van der Waals surface area contributed by atoms with Crippen molar-refractivity contribution >= 4 is 16.9 Å². The first kappa shape index (κ1) is 15.4. The maximum Gasteiger partial charge on any atom is 0.143 e. The number of nitrogens with one attached hydrogen (secondary N) is 2. The van der Waals surface area contributed by atoms with Crippen LogP contribution in [0.2, 0.25) is 0 Å². The van der Waals surface area contributed by atoms with Crippen LogP contribution in [-0.2, 0) is 0 Å². The Morgan fingerprint density at radius 1 is 1.20 bits per heavy atom. The highest BCUT2D eigenvalue weighted by atomic mass is 16.3. The molecule has 2 heterocycles. The highest BCUT2D eigenvalue weighted by molar-refractivity contribution is 5.91. The summed E-state index contributed by atoms with van der Waals surface area (Å²) in [5, 5.41) is 14.0. The average Bonchev–Trinajstić information content (AvgIpc) is 3.08. The molecule has 0 saturated carbocycles. The molecule has 0 radical (unpaired) electrons. The Morgan fingerprint density at radius 2 is 2.04 bits per heavy atom. The molecule has 0 saturated heterocycles. The van der Waals surface area contributed by atoms with Crippen molar-refractivity contribution in [1.82, 2.24) is 15.0 Å². The summed E-state index contributed by atoms with van der Waals surface area (Å²) in [5.41, 5.74) is 2.62. The predicted molar refractivity (Wildman–Crippen MR) is 101 cm³/mol. The van der Waals surface area contributed by atoms with E-state index in [1.165, 1.54) is 0 Å². The van der Waals surface area contributed by atoms with Crippen molar-refractivity contribution < 1.29 is 5.11 Å². The fraction of sp³-hybridized carbons (Fsp3) is 0.200. The molecule has 3 aromatic rings. The molecule has 0 amide bonds. The summed E-state index contributed by atoms with van der Waals surface area (Å²) in [4.78, 5) is 12.2. The van der Waals surface area contributed by atoms with Crippen LogP contribution < -0.4 is 5.32 Å². The number of nitrogens with zero attached hydrogens (tertiary/aromatic N) is 2. The third-order valence-corrected chi connectivity index (χ3v) is 4.75. The summed E-state index contributed by atoms with van der Waals surface area (Å²) in [7, 11) is 0. The van der Waals surface area contributed by atoms with Crippen molar-refractivity contribution in [3.8, 4) is 17.0 Å². The summed E-state index contributed by atoms with van der Waals surface area (Å²) in [6.45, 7) is 2.17. The van der Waals surface area contributed by atoms with Gasteiger partial charge in [-0.2, -0.15) is 0 Å². The van der Waals surface area contributed by atoms with Crippen LogP contribution in [0.4, 0.5) is 5.82 Å². The fourth-order valence-corrected chi connectivity index (χ4v) is 3.18. The molecule has 1 aromatic carbocycles. The van der Waals surface area contributed by atoms with Gasteiger partial charge in [0.25, 0.3) is 0 Å². The third-order valence-electron chi connectivity index (χ3n) is 4.75. The molecule has 0 fully saturated rings. The van der Waals surface area contributed by atoms with Crippen molar-refractivity contribution in [2.24, 2.45) is 0 Å². The Kier molecular flexibility index (Phi) is 3.76. The molecule has 1 unspecified atom stereocenters. The molecule has 25 heavy (non-hydrogen) atoms. The zero-order valence-electron chi connectivity index (χ0n) is 14.0. The Morgan fingerprint density at radius 3 is 2.76 bits per heavy atom. The van der Waals surface area contributed by atoms with Crippen molar-refractivity contribution in [1.29, 1.82) is 0 Å². The summed E-state index contributed by atoms with van der Waals surface area (Å²) in [6, 6.07) is 9.16. The van der Waals surface area contributed by atoms with Crippen LogP contribution in [0.1, 0.15) is 19.8 Å². The van der Waals surface area contributed by atoms with Gasteiger partial charge in [0.05, 0.1) is 10.9 Å². The van der Waals surface area contributed by atoms with Gasteiger partial charge in [-0.05, 0) is 48.7 Å². The van der Waals surface area contributed by atoms with Gasteiger partial charge in [0.15, 0.2) is 0 Å². The third kappa shape index (κ3) is 2.89. The lowest BCUT2D eigenvalue weighted by molar-refractivity contribution is 0.475. The van der Waals surface area contributed by atoms with Gasteiger partial charge in [0.1, 0.15) is 23.5 Å². The molecule has 2 aromatic heterocycles. The highest BCUT2D eigenvalue weighted by Gasteiger charge is 2.26. The number of allylic oxidation sites excluding steroid dienone is 2. The Balaban J connectivity index is 1.74. The smallest absolute Gasteiger partial charge is 0.143 e. The van der Waals surface area contributed by atoms with E-state index in [4.69, 9.17) is 0 Å². The number of benzene rings is 1. The molecule has 1 aliphatic rings. The topological polar surface area (TPSA) is 73.8 Å². The van der Waals surface area contributed by atoms with Crippen molar-refractivity contribution in [2.75, 3.05) is 5.32 Å². The van der Waals surface area contributed by atoms with Gasteiger partial charge >= 0.3 is 0 Å². The van der Waals surface area contributed by atoms with Gasteiger partial charge in [-0.1, -0.05) is 31.2 Å². The quantitative estimate of drug-likeness (QED) is 0.662. The first-order valence-corrected chi connectivity index (χ1v) is 8.45. The van der Waals surface area contributed by atoms with E-state index in [2.05, 4.69) is 57.6 Å². The second kappa shape index (κ2) is 6.09. The standard InChI is InChI=1S/C20H20N4O/c1-2-20(10-4-3-5-11-20)24-19-16-12-17(23-18(16)21-13-22-19)14-6-8-15(25)9-7-14/h3-10,12-13,25H,2,11H2,1H3,(H2,21,22,23,24). The summed E-state index contributed by atoms with van der Waals surface area (Å²) < 4.78 is 0. The minimum absolute atomic E-state index is 0.119. The maximum absolute atomic E-state index is 9.47. The monoisotopic (exact) mass is 332 g/mol. The molecule has 5 nitrogen and oxygen atoms in total. The molecule has 126 valence electrons. The second-order valence-electron chi connectivity index (χ2n) is 6.34. The van der Waals surface area contributed by atoms with E-state index in [1.54, 1.807) is 18.5 Å². The minimum Gasteiger partial charge on any atom is -0.508 e. The largest absolute Gasteiger partial charge is 0.508 e. The van der Waals surface area contributed by atoms with Crippen molar-refractivity contribution in [3.05, 3.63) is 61.0 Å². The molecule has 3 N–H and O–H groups in total. The van der Waals surface area contributed by atoms with Gasteiger partial charge in [-0.25, -0.2) is 9.97 Å². The minimum atomic E-state index is -0.119. The molecule has 5 heteroatoms. The van der Waals surface area contributed by atoms with Crippen molar-refractivity contribution in [2.45, 2.75) is 25.3 Å². The number of hydrogen-bond acceptors (Lipinski definition) is 4. The van der Waals surface area contributed by atoms with Crippen LogP contribution in [0.15, 0.2) is 61.0 Å². The normalized spacial score (nSPS) is 19.4. The number of aromatic hydroxyl groups is 1. The maximum atomic E-state index is 9.47. The summed E-state index contributed by atoms with van der Waals surface area (Å²) >= 11 is 0. The second-order valence-corrected chi connectivity index (χ2v) is 6.34. The number of aromatic nitrogens is 3. The van der Waals surface area contributed by atoms with Crippen molar-refractivity contribution in [3.63, 3.8) is 0 Å². The van der Waals surface area contributed by atoms with Crippen LogP contribution in [0.3, 0.4) is 0 Å². The Hall–Kier alpha value is -3.08. The fourth-order valence-electron chi connectivity index (χ4n) is 3.18. The van der Waals surface area contributed by atoms with E-state index in [0.717, 1.165) is 41.0 Å². The summed E-state index contributed by atoms with van der Waals surface area (Å²) in [6.07, 6.45) is 12.0. The number of phenols is 1. The van der Waals surface area contributed by atoms with Crippen LogP contribution in [-0.4, -0.2) is 25.6 Å². The number of aromatic amines is 1. The molecular formula is C20H20N4O. The lowest BCUT2D eigenvalue weighted by atomic mass is 9.88. The van der Waals surface area contributed by atoms with E-state index in [0.29, 0.717) is 0 Å². The lowest BCUT2D eigenvalue weighted by Crippen LogP contribution is -2.36. The Bertz CT molecular complexity index is 955. The number of phenolic OH excluding ortho intramolecular Hbond substituents is 1. The van der Waals surface area contributed by atoms with Gasteiger partial charge in [0.2, 0.25) is 0 Å². The molecule has 0 spiro atoms. The van der Waals surface area contributed by atoms with Crippen LogP contribution in [0.25, 0.3) is 22.3 Å². The molecule has 0 bridgehead atoms. The predicted octanol–water partition coefficient (Wildman–Crippen LogP) is 4.41. The van der Waals surface area contributed by atoms with Crippen LogP contribution >= 0.6 is 0 Å². The van der Waals surface area contributed by atoms with Gasteiger partial charge in [-0.3, -0.25) is 0 Å². The van der Waals surface area contributed by atoms with E-state index in [9.17, 15) is 5.11 Å². The average molecular weight is 332 g/mol. The number of H-pyrrole nitrogens is 1. The number of anilines is 1. The SMILES string of the molecule is CCC1(Nc2ncnc3[nH]c(-c4ccc(O)cc4)cc23)C=CC=CC1. The first-order chi connectivity index (χ1) is 12.2. The molecular weight excluding hydrogens is 312 g/mol. The van der Waals surface area contributed by atoms with Gasteiger partial charge in [-0.15, -0.1) is 0 Å². The van der Waals surface area contributed by atoms with Gasteiger partial charge < -0.3 is 15.4 Å². The summed E-state index contributed by atoms with van der Waals surface area (Å²) in [5.74, 6) is 1.08. The highest BCUT2D eigenvalue weighted by Crippen LogP contribution is 2.32. The number of fused-ring (bicyclic) bond motifs is 1. The van der Waals surface area contributed by atoms with E-state index >= 15 is 0 Å². The molecule has 0 aliphatic heterocycles. The zero-order chi connectivity index (χ0) is 17.3. The van der Waals surface area contributed by atoms with Crippen LogP contribution in [0, 0.1) is 0 Å². The molecule has 1 aliphatic carbocycles. The Labute approximate surface area is 146 Å². The van der Waals surface area contributed by atoms with Gasteiger partial charge in [0, 0.05) is 5.69 Å². The van der Waals surface area contributed by atoms with Crippen LogP contribution in [0.5, 0.6) is 5.75 Å². The molecule has 1 atom stereocenters. The van der Waals surface area contributed by atoms with E-state index < -0.39 is 0 Å². The van der Waals surface area contributed by atoms with E-state index in [-0.39, 0.29) is 11.3 Å². The number of hydrogen-bond donors (Lipinski definition) is 3. The number of rotatable bonds is 4.